The third-order valence-corrected chi connectivity index (χ3v) is 5.20. The number of amides is 2. The van der Waals surface area contributed by atoms with E-state index in [4.69, 9.17) is 9.47 Å². The summed E-state index contributed by atoms with van der Waals surface area (Å²) in [4.78, 5) is 16.5. The second kappa shape index (κ2) is 7.90. The summed E-state index contributed by atoms with van der Waals surface area (Å²) in [7, 11) is -0.362. The number of hydrogen-bond donors (Lipinski definition) is 3. The minimum Gasteiger partial charge on any atom is -0.497 e. The summed E-state index contributed by atoms with van der Waals surface area (Å²) in [6.07, 6.45) is 1.06. The Bertz CT molecular complexity index is 1130. The molecule has 0 aliphatic heterocycles. The number of urea groups is 1. The largest absolute Gasteiger partial charge is 0.497 e. The molecular weight excluding hydrogens is 404 g/mol. The predicted molar refractivity (Wildman–Crippen MR) is 110 cm³/mol. The minimum absolute atomic E-state index is 0.266. The summed E-state index contributed by atoms with van der Waals surface area (Å²) in [6, 6.07) is 9.67. The van der Waals surface area contributed by atoms with Crippen LogP contribution >= 0.6 is 11.3 Å². The summed E-state index contributed by atoms with van der Waals surface area (Å²) in [5, 5.41) is 5.70. The number of benzene rings is 2. The molecule has 0 unspecified atom stereocenters. The molecule has 3 N–H and O–H groups in total. The van der Waals surface area contributed by atoms with E-state index in [0.717, 1.165) is 11.0 Å². The second-order valence-corrected chi connectivity index (χ2v) is 8.50. The molecule has 1 aromatic heterocycles. The highest BCUT2D eigenvalue weighted by Crippen LogP contribution is 2.30. The summed E-state index contributed by atoms with van der Waals surface area (Å²) in [5.74, 6) is 1.07. The Kier molecular flexibility index (Phi) is 5.56. The van der Waals surface area contributed by atoms with Crippen molar-refractivity contribution in [1.29, 1.82) is 0 Å². The molecule has 1 heterocycles. The first kappa shape index (κ1) is 19.7. The van der Waals surface area contributed by atoms with Crippen LogP contribution in [0.3, 0.4) is 0 Å². The number of ether oxygens (including phenoxy) is 2. The van der Waals surface area contributed by atoms with Crippen LogP contribution in [-0.2, 0) is 10.0 Å². The van der Waals surface area contributed by atoms with Crippen molar-refractivity contribution in [1.82, 2.24) is 4.98 Å². The number of methoxy groups -OCH3 is 2. The molecule has 2 amide bonds. The molecule has 9 nitrogen and oxygen atoms in total. The molecule has 148 valence electrons. The van der Waals surface area contributed by atoms with Gasteiger partial charge in [-0.25, -0.2) is 18.2 Å². The van der Waals surface area contributed by atoms with Crippen molar-refractivity contribution in [3.63, 3.8) is 0 Å². The van der Waals surface area contributed by atoms with Crippen LogP contribution in [0.2, 0.25) is 0 Å². The fraction of sp³-hybridized carbons (Fsp3) is 0.176. The monoisotopic (exact) mass is 422 g/mol. The molecule has 11 heteroatoms. The maximum absolute atomic E-state index is 12.3. The van der Waals surface area contributed by atoms with Crippen molar-refractivity contribution in [3.05, 3.63) is 36.4 Å². The van der Waals surface area contributed by atoms with Crippen LogP contribution in [0.1, 0.15) is 0 Å². The van der Waals surface area contributed by atoms with Gasteiger partial charge in [-0.2, -0.15) is 0 Å². The van der Waals surface area contributed by atoms with Crippen LogP contribution in [0.25, 0.3) is 10.2 Å². The van der Waals surface area contributed by atoms with Crippen molar-refractivity contribution >= 4 is 54.1 Å². The Hall–Kier alpha value is -3.05. The molecule has 2 aromatic carbocycles. The number of nitrogens with zero attached hydrogens (tertiary/aromatic N) is 1. The highest BCUT2D eigenvalue weighted by atomic mass is 32.2. The lowest BCUT2D eigenvalue weighted by Gasteiger charge is -2.12. The highest BCUT2D eigenvalue weighted by molar-refractivity contribution is 7.92. The topological polar surface area (TPSA) is 119 Å². The zero-order chi connectivity index (χ0) is 20.3. The van der Waals surface area contributed by atoms with Crippen molar-refractivity contribution in [3.8, 4) is 11.5 Å². The van der Waals surface area contributed by atoms with Gasteiger partial charge in [0, 0.05) is 11.8 Å². The van der Waals surface area contributed by atoms with Crippen LogP contribution in [0.4, 0.5) is 21.3 Å². The average molecular weight is 422 g/mol. The zero-order valence-electron chi connectivity index (χ0n) is 15.3. The van der Waals surface area contributed by atoms with Gasteiger partial charge in [-0.15, -0.1) is 0 Å². The van der Waals surface area contributed by atoms with E-state index in [0.29, 0.717) is 28.4 Å². The number of rotatable bonds is 6. The average Bonchev–Trinajstić information content (AvgIpc) is 3.01. The quantitative estimate of drug-likeness (QED) is 0.561. The van der Waals surface area contributed by atoms with Crippen molar-refractivity contribution < 1.29 is 22.7 Å². The molecule has 0 saturated carbocycles. The molecule has 3 aromatic rings. The lowest BCUT2D eigenvalue weighted by atomic mass is 10.2. The minimum atomic E-state index is -3.40. The maximum Gasteiger partial charge on any atom is 0.323 e. The number of thiazole rings is 1. The van der Waals surface area contributed by atoms with Crippen LogP contribution in [0, 0.1) is 0 Å². The number of carbonyl (C=O) groups excluding carboxylic acids is 1. The van der Waals surface area contributed by atoms with Crippen LogP contribution in [-0.4, -0.2) is 39.9 Å². The third kappa shape index (κ3) is 4.81. The van der Waals surface area contributed by atoms with Gasteiger partial charge in [0.15, 0.2) is 5.13 Å². The van der Waals surface area contributed by atoms with Crippen LogP contribution in [0.5, 0.6) is 11.5 Å². The molecule has 0 saturated heterocycles. The Morgan fingerprint density at radius 1 is 1.07 bits per heavy atom. The standard InChI is InChI=1S/C17H18N4O5S2/c1-25-11-5-7-12(14(9-11)26-2)19-16(22)18-10-4-6-13-15(8-10)27-17(20-13)21-28(3,23)24/h4-9H,1-3H3,(H,20,21)(H2,18,19,22). The van der Waals surface area contributed by atoms with Gasteiger partial charge < -0.3 is 20.1 Å². The number of anilines is 3. The van der Waals surface area contributed by atoms with Gasteiger partial charge in [0.2, 0.25) is 10.0 Å². The first-order chi connectivity index (χ1) is 13.3. The Morgan fingerprint density at radius 2 is 1.86 bits per heavy atom. The van der Waals surface area contributed by atoms with Gasteiger partial charge in [0.05, 0.1) is 36.4 Å². The number of aromatic nitrogens is 1. The summed E-state index contributed by atoms with van der Waals surface area (Å²) in [6.45, 7) is 0. The van der Waals surface area contributed by atoms with E-state index < -0.39 is 16.1 Å². The summed E-state index contributed by atoms with van der Waals surface area (Å²) < 4.78 is 36.1. The zero-order valence-corrected chi connectivity index (χ0v) is 16.9. The SMILES string of the molecule is COc1ccc(NC(=O)Nc2ccc3nc(NS(C)(=O)=O)sc3c2)c(OC)c1. The van der Waals surface area contributed by atoms with Gasteiger partial charge in [0.25, 0.3) is 0 Å². The van der Waals surface area contributed by atoms with E-state index in [9.17, 15) is 13.2 Å². The normalized spacial score (nSPS) is 11.1. The van der Waals surface area contributed by atoms with Gasteiger partial charge in [0.1, 0.15) is 11.5 Å². The number of sulfonamides is 1. The van der Waals surface area contributed by atoms with E-state index in [1.165, 1.54) is 18.4 Å². The molecular formula is C17H18N4O5S2. The fourth-order valence-electron chi connectivity index (χ4n) is 2.39. The number of carbonyl (C=O) groups is 1. The maximum atomic E-state index is 12.3. The second-order valence-electron chi connectivity index (χ2n) is 5.72. The van der Waals surface area contributed by atoms with Crippen LogP contribution in [0.15, 0.2) is 36.4 Å². The summed E-state index contributed by atoms with van der Waals surface area (Å²) in [5.41, 5.74) is 1.64. The van der Waals surface area contributed by atoms with E-state index >= 15 is 0 Å². The van der Waals surface area contributed by atoms with E-state index in [1.807, 2.05) is 0 Å². The molecule has 0 fully saturated rings. The lowest BCUT2D eigenvalue weighted by molar-refractivity contribution is 0.262. The molecule has 0 atom stereocenters. The van der Waals surface area contributed by atoms with E-state index in [2.05, 4.69) is 20.3 Å². The first-order valence-corrected chi connectivity index (χ1v) is 10.7. The third-order valence-electron chi connectivity index (χ3n) is 3.58. The van der Waals surface area contributed by atoms with E-state index in [-0.39, 0.29) is 5.13 Å². The number of hydrogen-bond acceptors (Lipinski definition) is 7. The Morgan fingerprint density at radius 3 is 2.54 bits per heavy atom. The molecule has 0 radical (unpaired) electrons. The van der Waals surface area contributed by atoms with Gasteiger partial charge in [-0.3, -0.25) is 4.72 Å². The smallest absolute Gasteiger partial charge is 0.323 e. The number of fused-ring (bicyclic) bond motifs is 1. The molecule has 3 rings (SSSR count). The molecule has 28 heavy (non-hydrogen) atoms. The van der Waals surface area contributed by atoms with Crippen molar-refractivity contribution in [2.75, 3.05) is 35.8 Å². The fourth-order valence-corrected chi connectivity index (χ4v) is 4.13. The molecule has 0 bridgehead atoms. The van der Waals surface area contributed by atoms with Gasteiger partial charge >= 0.3 is 6.03 Å². The van der Waals surface area contributed by atoms with Gasteiger partial charge in [-0.1, -0.05) is 11.3 Å². The highest BCUT2D eigenvalue weighted by Gasteiger charge is 2.11. The molecule has 0 aliphatic carbocycles. The van der Waals surface area contributed by atoms with E-state index in [1.54, 1.807) is 43.5 Å². The van der Waals surface area contributed by atoms with Gasteiger partial charge in [-0.05, 0) is 30.3 Å². The van der Waals surface area contributed by atoms with Crippen molar-refractivity contribution in [2.24, 2.45) is 0 Å². The van der Waals surface area contributed by atoms with Crippen molar-refractivity contribution in [2.45, 2.75) is 0 Å². The van der Waals surface area contributed by atoms with Crippen LogP contribution < -0.4 is 24.8 Å². The Labute approximate surface area is 165 Å². The molecule has 0 aliphatic rings. The lowest BCUT2D eigenvalue weighted by Crippen LogP contribution is -2.19. The Balaban J connectivity index is 1.74. The predicted octanol–water partition coefficient (Wildman–Crippen LogP) is 3.33. The first-order valence-electron chi connectivity index (χ1n) is 7.96. The summed E-state index contributed by atoms with van der Waals surface area (Å²) >= 11 is 1.17. The number of nitrogens with one attached hydrogen (secondary N) is 3. The molecule has 0 spiro atoms.